The number of unbranched alkanes of at least 4 members (excludes halogenated alkanes) is 30. The minimum absolute atomic E-state index is 0.0918. The molecule has 69 heavy (non-hydrogen) atoms. The summed E-state index contributed by atoms with van der Waals surface area (Å²) in [6.07, 6.45) is 73.3. The van der Waals surface area contributed by atoms with Crippen LogP contribution in [0.3, 0.4) is 0 Å². The van der Waals surface area contributed by atoms with Gasteiger partial charge < -0.3 is 14.2 Å². The van der Waals surface area contributed by atoms with Gasteiger partial charge in [0, 0.05) is 19.3 Å². The van der Waals surface area contributed by atoms with E-state index in [2.05, 4.69) is 93.7 Å². The molecule has 0 heterocycles. The van der Waals surface area contributed by atoms with E-state index in [-0.39, 0.29) is 31.1 Å². The SMILES string of the molecule is CC/C=C\C/C=C\C/C=C\C/C=C\C/C=C\CCCCCC(=O)OCC(COC(=O)CCCCC/C=C\CCCCCCCC)OC(=O)CCCCCCCCCCCCCCCCCCCCC. The molecule has 0 saturated carbocycles. The van der Waals surface area contributed by atoms with Crippen molar-refractivity contribution < 1.29 is 28.6 Å². The first-order valence-corrected chi connectivity index (χ1v) is 29.4. The van der Waals surface area contributed by atoms with Crippen molar-refractivity contribution >= 4 is 17.9 Å². The highest BCUT2D eigenvalue weighted by atomic mass is 16.6. The molecule has 0 bridgehead atoms. The van der Waals surface area contributed by atoms with Gasteiger partial charge in [0.25, 0.3) is 0 Å². The van der Waals surface area contributed by atoms with E-state index in [0.29, 0.717) is 19.3 Å². The summed E-state index contributed by atoms with van der Waals surface area (Å²) in [6, 6.07) is 0. The Balaban J connectivity index is 4.41. The molecule has 0 aromatic rings. The van der Waals surface area contributed by atoms with Gasteiger partial charge in [-0.3, -0.25) is 14.4 Å². The fourth-order valence-electron chi connectivity index (χ4n) is 8.29. The average Bonchev–Trinajstić information content (AvgIpc) is 3.35. The van der Waals surface area contributed by atoms with Crippen molar-refractivity contribution in [2.45, 2.75) is 297 Å². The predicted octanol–water partition coefficient (Wildman–Crippen LogP) is 19.8. The number of rotatable bonds is 53. The van der Waals surface area contributed by atoms with Crippen molar-refractivity contribution in [3.8, 4) is 0 Å². The molecule has 0 radical (unpaired) electrons. The summed E-state index contributed by atoms with van der Waals surface area (Å²) in [7, 11) is 0. The molecule has 0 rings (SSSR count). The number of hydrogen-bond acceptors (Lipinski definition) is 6. The smallest absolute Gasteiger partial charge is 0.306 e. The number of hydrogen-bond donors (Lipinski definition) is 0. The lowest BCUT2D eigenvalue weighted by Gasteiger charge is -2.18. The van der Waals surface area contributed by atoms with Gasteiger partial charge in [-0.05, 0) is 89.9 Å². The van der Waals surface area contributed by atoms with Crippen LogP contribution in [0.15, 0.2) is 72.9 Å². The van der Waals surface area contributed by atoms with E-state index in [1.54, 1.807) is 0 Å². The van der Waals surface area contributed by atoms with Gasteiger partial charge in [0.05, 0.1) is 0 Å². The summed E-state index contributed by atoms with van der Waals surface area (Å²) in [5.74, 6) is -0.928. The van der Waals surface area contributed by atoms with Crippen LogP contribution in [0.1, 0.15) is 290 Å². The fourth-order valence-corrected chi connectivity index (χ4v) is 8.29. The van der Waals surface area contributed by atoms with Crippen LogP contribution in [0, 0.1) is 0 Å². The molecule has 0 aromatic heterocycles. The van der Waals surface area contributed by atoms with E-state index < -0.39 is 6.10 Å². The summed E-state index contributed by atoms with van der Waals surface area (Å²) in [6.45, 7) is 6.51. The maximum absolute atomic E-state index is 12.9. The van der Waals surface area contributed by atoms with E-state index in [1.165, 1.54) is 141 Å². The van der Waals surface area contributed by atoms with Crippen molar-refractivity contribution in [1.82, 2.24) is 0 Å². The van der Waals surface area contributed by atoms with E-state index in [1.807, 2.05) is 0 Å². The van der Waals surface area contributed by atoms with Crippen LogP contribution in [0.2, 0.25) is 0 Å². The highest BCUT2D eigenvalue weighted by Crippen LogP contribution is 2.16. The van der Waals surface area contributed by atoms with Gasteiger partial charge in [0.2, 0.25) is 0 Å². The molecule has 0 aliphatic heterocycles. The van der Waals surface area contributed by atoms with Crippen molar-refractivity contribution in [2.75, 3.05) is 13.2 Å². The number of ether oxygens (including phenoxy) is 3. The molecular formula is C63H110O6. The molecule has 0 aliphatic carbocycles. The Labute approximate surface area is 427 Å². The van der Waals surface area contributed by atoms with Gasteiger partial charge in [0.15, 0.2) is 6.10 Å². The average molecular weight is 964 g/mol. The zero-order valence-corrected chi connectivity index (χ0v) is 45.6. The Morgan fingerprint density at radius 3 is 0.913 bits per heavy atom. The Morgan fingerprint density at radius 1 is 0.304 bits per heavy atom. The lowest BCUT2D eigenvalue weighted by Crippen LogP contribution is -2.30. The molecule has 0 N–H and O–H groups in total. The van der Waals surface area contributed by atoms with Crippen molar-refractivity contribution in [3.63, 3.8) is 0 Å². The number of esters is 3. The molecule has 6 heteroatoms. The third-order valence-corrected chi connectivity index (χ3v) is 12.7. The lowest BCUT2D eigenvalue weighted by atomic mass is 10.0. The van der Waals surface area contributed by atoms with Crippen LogP contribution in [-0.4, -0.2) is 37.2 Å². The first-order valence-electron chi connectivity index (χ1n) is 29.4. The van der Waals surface area contributed by atoms with Crippen molar-refractivity contribution in [3.05, 3.63) is 72.9 Å². The molecule has 1 unspecified atom stereocenters. The Hall–Kier alpha value is -3.15. The topological polar surface area (TPSA) is 78.9 Å². The van der Waals surface area contributed by atoms with E-state index in [4.69, 9.17) is 14.2 Å². The molecule has 398 valence electrons. The van der Waals surface area contributed by atoms with Gasteiger partial charge >= 0.3 is 17.9 Å². The minimum Gasteiger partial charge on any atom is -0.462 e. The van der Waals surface area contributed by atoms with Crippen LogP contribution in [0.25, 0.3) is 0 Å². The van der Waals surface area contributed by atoms with E-state index in [0.717, 1.165) is 109 Å². The molecule has 0 aromatic carbocycles. The maximum atomic E-state index is 12.9. The molecule has 0 amide bonds. The predicted molar refractivity (Wildman–Crippen MR) is 298 cm³/mol. The molecule has 1 atom stereocenters. The quantitative estimate of drug-likeness (QED) is 0.0262. The monoisotopic (exact) mass is 963 g/mol. The summed E-state index contributed by atoms with van der Waals surface area (Å²) < 4.78 is 16.8. The Bertz CT molecular complexity index is 1290. The first-order chi connectivity index (χ1) is 34.0. The summed E-state index contributed by atoms with van der Waals surface area (Å²) >= 11 is 0. The second-order valence-corrected chi connectivity index (χ2v) is 19.5. The molecule has 0 spiro atoms. The molecule has 0 saturated heterocycles. The maximum Gasteiger partial charge on any atom is 0.306 e. The molecular weight excluding hydrogens is 853 g/mol. The van der Waals surface area contributed by atoms with Gasteiger partial charge in [-0.15, -0.1) is 0 Å². The second kappa shape index (κ2) is 57.4. The highest BCUT2D eigenvalue weighted by molar-refractivity contribution is 5.71. The largest absolute Gasteiger partial charge is 0.462 e. The van der Waals surface area contributed by atoms with E-state index in [9.17, 15) is 14.4 Å². The third-order valence-electron chi connectivity index (χ3n) is 12.7. The number of allylic oxidation sites excluding steroid dienone is 12. The standard InChI is InChI=1S/C63H110O6/c1-4-7-10-13-16-19-22-25-27-29-31-33-35-38-41-44-47-50-53-56-62(65)68-59-60(58-67-61(64)55-52-49-46-43-40-37-24-21-18-15-12-9-6-3)69-63(66)57-54-51-48-45-42-39-36-34-32-30-28-26-23-20-17-14-11-8-5-2/h7,10,16,19,25,27,31,33,37-38,40-41,60H,4-6,8-9,11-15,17-18,20-24,26,28-30,32,34-36,39,42-59H2,1-3H3/b10-7-,19-16-,27-25-,33-31-,40-37-,41-38-. The van der Waals surface area contributed by atoms with Gasteiger partial charge in [-0.25, -0.2) is 0 Å². The van der Waals surface area contributed by atoms with Crippen LogP contribution >= 0.6 is 0 Å². The van der Waals surface area contributed by atoms with Crippen LogP contribution in [0.4, 0.5) is 0 Å². The first kappa shape index (κ1) is 65.8. The van der Waals surface area contributed by atoms with Crippen LogP contribution in [-0.2, 0) is 28.6 Å². The summed E-state index contributed by atoms with van der Waals surface area (Å²) in [5.41, 5.74) is 0. The highest BCUT2D eigenvalue weighted by Gasteiger charge is 2.19. The second-order valence-electron chi connectivity index (χ2n) is 19.5. The Morgan fingerprint density at radius 2 is 0.565 bits per heavy atom. The molecule has 6 nitrogen and oxygen atoms in total. The van der Waals surface area contributed by atoms with Crippen LogP contribution < -0.4 is 0 Å². The van der Waals surface area contributed by atoms with Gasteiger partial charge in [-0.1, -0.05) is 254 Å². The zero-order valence-electron chi connectivity index (χ0n) is 45.6. The number of carbonyl (C=O) groups is 3. The van der Waals surface area contributed by atoms with Gasteiger partial charge in [0.1, 0.15) is 13.2 Å². The van der Waals surface area contributed by atoms with Gasteiger partial charge in [-0.2, -0.15) is 0 Å². The van der Waals surface area contributed by atoms with Crippen molar-refractivity contribution in [2.24, 2.45) is 0 Å². The van der Waals surface area contributed by atoms with Crippen LogP contribution in [0.5, 0.6) is 0 Å². The number of carbonyl (C=O) groups excluding carboxylic acids is 3. The molecule has 0 aliphatic rings. The minimum atomic E-state index is -0.794. The summed E-state index contributed by atoms with van der Waals surface area (Å²) in [5, 5.41) is 0. The normalized spacial score (nSPS) is 12.6. The lowest BCUT2D eigenvalue weighted by molar-refractivity contribution is -0.167. The fraction of sp³-hybridized carbons (Fsp3) is 0.762. The Kier molecular flexibility index (Phi) is 54.8. The van der Waals surface area contributed by atoms with E-state index >= 15 is 0 Å². The molecule has 0 fully saturated rings. The third kappa shape index (κ3) is 55.6. The van der Waals surface area contributed by atoms with Crippen molar-refractivity contribution in [1.29, 1.82) is 0 Å². The zero-order chi connectivity index (χ0) is 50.0. The summed E-state index contributed by atoms with van der Waals surface area (Å²) in [4.78, 5) is 38.2.